The number of fused-ring (bicyclic) bond motifs is 1. The molecule has 0 atom stereocenters. The predicted octanol–water partition coefficient (Wildman–Crippen LogP) is 5.01. The van der Waals surface area contributed by atoms with Gasteiger partial charge >= 0.3 is 0 Å². The lowest BCUT2D eigenvalue weighted by atomic mass is 10.0. The fourth-order valence-corrected chi connectivity index (χ4v) is 5.78. The average molecular weight is 518 g/mol. The molecule has 3 aromatic heterocycles. The lowest BCUT2D eigenvalue weighted by molar-refractivity contribution is -0.116. The molecule has 0 aliphatic heterocycles. The van der Waals surface area contributed by atoms with Crippen LogP contribution in [0.5, 0.6) is 0 Å². The first kappa shape index (κ1) is 24.5. The molecule has 186 valence electrons. The van der Waals surface area contributed by atoms with Gasteiger partial charge in [0, 0.05) is 49.5 Å². The van der Waals surface area contributed by atoms with E-state index in [4.69, 9.17) is 0 Å². The number of carbonyl (C=O) groups excluding carboxylic acids is 1. The van der Waals surface area contributed by atoms with E-state index < -0.39 is 33.0 Å². The van der Waals surface area contributed by atoms with Crippen molar-refractivity contribution in [3.8, 4) is 11.1 Å². The number of nitrogens with zero attached hydrogens (tertiary/aromatic N) is 3. The van der Waals surface area contributed by atoms with Crippen LogP contribution in [0.3, 0.4) is 0 Å². The molecule has 0 saturated carbocycles. The van der Waals surface area contributed by atoms with Crippen molar-refractivity contribution in [2.45, 2.75) is 17.9 Å². The van der Waals surface area contributed by atoms with Gasteiger partial charge in [-0.15, -0.1) is 0 Å². The molecular formula is C28H21F2N3O3S. The van der Waals surface area contributed by atoms with Crippen LogP contribution in [0.15, 0.2) is 96.4 Å². The van der Waals surface area contributed by atoms with E-state index in [-0.39, 0.29) is 28.8 Å². The molecule has 5 rings (SSSR count). The second kappa shape index (κ2) is 10.0. The van der Waals surface area contributed by atoms with Gasteiger partial charge in [-0.3, -0.25) is 14.8 Å². The third-order valence-corrected chi connectivity index (χ3v) is 7.61. The molecule has 3 heterocycles. The van der Waals surface area contributed by atoms with Crippen LogP contribution < -0.4 is 0 Å². The first-order valence-corrected chi connectivity index (χ1v) is 13.1. The summed E-state index contributed by atoms with van der Waals surface area (Å²) >= 11 is 0. The highest BCUT2D eigenvalue weighted by Crippen LogP contribution is 2.31. The van der Waals surface area contributed by atoms with Gasteiger partial charge < -0.3 is 4.57 Å². The molecule has 0 saturated heterocycles. The van der Waals surface area contributed by atoms with Crippen LogP contribution >= 0.6 is 0 Å². The summed E-state index contributed by atoms with van der Waals surface area (Å²) in [4.78, 5) is 20.4. The maximum absolute atomic E-state index is 14.9. The van der Waals surface area contributed by atoms with Crippen molar-refractivity contribution >= 4 is 26.5 Å². The molecule has 9 heteroatoms. The highest BCUT2D eigenvalue weighted by molar-refractivity contribution is 7.92. The van der Waals surface area contributed by atoms with Crippen LogP contribution in [0.1, 0.15) is 11.3 Å². The number of aromatic nitrogens is 3. The first-order valence-electron chi connectivity index (χ1n) is 11.4. The maximum atomic E-state index is 14.9. The number of ketones is 1. The Labute approximate surface area is 212 Å². The number of pyridine rings is 2. The quantitative estimate of drug-likeness (QED) is 0.289. The Morgan fingerprint density at radius 2 is 1.76 bits per heavy atom. The van der Waals surface area contributed by atoms with Crippen LogP contribution in [0.4, 0.5) is 8.78 Å². The lowest BCUT2D eigenvalue weighted by Gasteiger charge is -2.08. The third-order valence-electron chi connectivity index (χ3n) is 5.93. The Kier molecular flexibility index (Phi) is 6.62. The first-order chi connectivity index (χ1) is 17.8. The average Bonchev–Trinajstić information content (AvgIpc) is 3.24. The van der Waals surface area contributed by atoms with Crippen molar-refractivity contribution in [1.82, 2.24) is 14.5 Å². The van der Waals surface area contributed by atoms with Gasteiger partial charge in [0.15, 0.2) is 15.6 Å². The van der Waals surface area contributed by atoms with Gasteiger partial charge in [-0.2, -0.15) is 0 Å². The summed E-state index contributed by atoms with van der Waals surface area (Å²) in [6.45, 7) is 0.158. The van der Waals surface area contributed by atoms with E-state index in [1.165, 1.54) is 17.0 Å². The molecule has 0 bridgehead atoms. The van der Waals surface area contributed by atoms with Crippen LogP contribution in [0.2, 0.25) is 0 Å². The van der Waals surface area contributed by atoms with Gasteiger partial charge in [-0.05, 0) is 47.0 Å². The SMILES string of the molecule is O=C(Cc1ccccn1)CS(=O)(=O)c1cn(Cc2cccc(-c3cccnc3)c2)c2cc(F)cc(F)c12. The molecule has 0 N–H and O–H groups in total. The van der Waals surface area contributed by atoms with Crippen LogP contribution in [0, 0.1) is 11.6 Å². The number of sulfone groups is 1. The summed E-state index contributed by atoms with van der Waals surface area (Å²) in [5.41, 5.74) is 3.10. The van der Waals surface area contributed by atoms with Crippen LogP contribution in [-0.4, -0.2) is 34.5 Å². The Morgan fingerprint density at radius 3 is 2.51 bits per heavy atom. The van der Waals surface area contributed by atoms with Crippen molar-refractivity contribution < 1.29 is 22.0 Å². The monoisotopic (exact) mass is 517 g/mol. The van der Waals surface area contributed by atoms with Crippen molar-refractivity contribution in [2.75, 3.05) is 5.75 Å². The molecular weight excluding hydrogens is 496 g/mol. The number of rotatable bonds is 8. The molecule has 0 aliphatic rings. The maximum Gasteiger partial charge on any atom is 0.187 e. The van der Waals surface area contributed by atoms with Crippen LogP contribution in [0.25, 0.3) is 22.0 Å². The molecule has 0 radical (unpaired) electrons. The standard InChI is InChI=1S/C28H21F2N3O3S/c29-22-12-25(30)28-26(13-22)33(16-19-5-3-6-20(11-19)21-7-4-9-31-15-21)17-27(28)37(35,36)18-24(34)14-23-8-1-2-10-32-23/h1-13,15,17H,14,16,18H2. The topological polar surface area (TPSA) is 81.9 Å². The van der Waals surface area contributed by atoms with Gasteiger partial charge in [-0.1, -0.05) is 30.3 Å². The normalized spacial score (nSPS) is 11.6. The summed E-state index contributed by atoms with van der Waals surface area (Å²) in [5, 5.41) is -0.240. The summed E-state index contributed by atoms with van der Waals surface area (Å²) in [7, 11) is -4.23. The summed E-state index contributed by atoms with van der Waals surface area (Å²) in [6, 6.07) is 18.0. The number of hydrogen-bond donors (Lipinski definition) is 0. The second-order valence-electron chi connectivity index (χ2n) is 8.64. The number of halogens is 2. The fourth-order valence-electron chi connectivity index (χ4n) is 4.30. The molecule has 0 aliphatic carbocycles. The molecule has 0 unspecified atom stereocenters. The zero-order chi connectivity index (χ0) is 26.0. The van der Waals surface area contributed by atoms with Gasteiger partial charge in [0.25, 0.3) is 0 Å². The fraction of sp³-hybridized carbons (Fsp3) is 0.107. The van der Waals surface area contributed by atoms with Gasteiger partial charge in [0.1, 0.15) is 17.4 Å². The van der Waals surface area contributed by atoms with E-state index in [0.29, 0.717) is 11.8 Å². The zero-order valence-corrected chi connectivity index (χ0v) is 20.3. The molecule has 0 spiro atoms. The molecule has 0 fully saturated rings. The largest absolute Gasteiger partial charge is 0.342 e. The Morgan fingerprint density at radius 1 is 0.919 bits per heavy atom. The number of hydrogen-bond acceptors (Lipinski definition) is 5. The zero-order valence-electron chi connectivity index (χ0n) is 19.5. The minimum Gasteiger partial charge on any atom is -0.342 e. The van der Waals surface area contributed by atoms with Gasteiger partial charge in [-0.25, -0.2) is 17.2 Å². The van der Waals surface area contributed by atoms with Crippen LogP contribution in [-0.2, 0) is 27.6 Å². The van der Waals surface area contributed by atoms with E-state index in [1.54, 1.807) is 30.6 Å². The second-order valence-corrected chi connectivity index (χ2v) is 10.6. The van der Waals surface area contributed by atoms with Crippen molar-refractivity contribution in [1.29, 1.82) is 0 Å². The van der Waals surface area contributed by atoms with E-state index in [1.807, 2.05) is 36.4 Å². The smallest absolute Gasteiger partial charge is 0.187 e. The van der Waals surface area contributed by atoms with Crippen molar-refractivity contribution in [3.05, 3.63) is 114 Å². The Bertz CT molecular complexity index is 1700. The van der Waals surface area contributed by atoms with E-state index in [9.17, 15) is 22.0 Å². The van der Waals surface area contributed by atoms with E-state index >= 15 is 0 Å². The van der Waals surface area contributed by atoms with Crippen molar-refractivity contribution in [2.24, 2.45) is 0 Å². The molecule has 37 heavy (non-hydrogen) atoms. The van der Waals surface area contributed by atoms with Gasteiger partial charge in [0.2, 0.25) is 0 Å². The molecule has 2 aromatic carbocycles. The molecule has 6 nitrogen and oxygen atoms in total. The minimum absolute atomic E-state index is 0.0834. The van der Waals surface area contributed by atoms with E-state index in [0.717, 1.165) is 22.8 Å². The number of Topliss-reactive ketones (excluding diaryl/α,β-unsaturated/α-hetero) is 1. The van der Waals surface area contributed by atoms with Crippen molar-refractivity contribution in [3.63, 3.8) is 0 Å². The predicted molar refractivity (Wildman–Crippen MR) is 136 cm³/mol. The van der Waals surface area contributed by atoms with Gasteiger partial charge in [0.05, 0.1) is 15.8 Å². The Hall–Kier alpha value is -4.24. The summed E-state index contributed by atoms with van der Waals surface area (Å²) in [5.74, 6) is -3.24. The summed E-state index contributed by atoms with van der Waals surface area (Å²) < 4.78 is 57.1. The highest BCUT2D eigenvalue weighted by Gasteiger charge is 2.27. The number of carbonyl (C=O) groups is 1. The third kappa shape index (κ3) is 5.31. The number of benzene rings is 2. The highest BCUT2D eigenvalue weighted by atomic mass is 32.2. The lowest BCUT2D eigenvalue weighted by Crippen LogP contribution is -2.18. The Balaban J connectivity index is 1.51. The van der Waals surface area contributed by atoms with E-state index in [2.05, 4.69) is 9.97 Å². The minimum atomic E-state index is -4.23. The summed E-state index contributed by atoms with van der Waals surface area (Å²) in [6.07, 6.45) is 6.01. The molecule has 0 amide bonds. The molecule has 5 aromatic rings.